The molecule has 2 N–H and O–H groups in total. The summed E-state index contributed by atoms with van der Waals surface area (Å²) in [7, 11) is 1.57. The first-order valence-corrected chi connectivity index (χ1v) is 10.2. The van der Waals surface area contributed by atoms with Gasteiger partial charge < -0.3 is 10.5 Å². The van der Waals surface area contributed by atoms with Crippen LogP contribution in [0.5, 0.6) is 5.88 Å². The molecule has 29 heavy (non-hydrogen) atoms. The lowest BCUT2D eigenvalue weighted by Crippen LogP contribution is -2.47. The molecule has 4 rings (SSSR count). The van der Waals surface area contributed by atoms with Gasteiger partial charge in [-0.3, -0.25) is 4.90 Å². The predicted molar refractivity (Wildman–Crippen MR) is 115 cm³/mol. The Kier molecular flexibility index (Phi) is 5.67. The molecule has 2 unspecified atom stereocenters. The largest absolute Gasteiger partial charge is 0.481 e. The van der Waals surface area contributed by atoms with Gasteiger partial charge in [-0.05, 0) is 23.3 Å². The summed E-state index contributed by atoms with van der Waals surface area (Å²) >= 11 is 13.2. The third-order valence-electron chi connectivity index (χ3n) is 5.41. The molecule has 152 valence electrons. The topological polar surface area (TPSA) is 51.4 Å². The summed E-state index contributed by atoms with van der Waals surface area (Å²) in [5, 5.41) is 0.0433. The summed E-state index contributed by atoms with van der Waals surface area (Å²) in [4.78, 5) is 6.66. The summed E-state index contributed by atoms with van der Waals surface area (Å²) in [6.07, 6.45) is 4.89. The van der Waals surface area contributed by atoms with E-state index in [4.69, 9.17) is 33.7 Å². The molecule has 1 aromatic heterocycles. The average Bonchev–Trinajstić information content (AvgIpc) is 2.70. The molecule has 0 bridgehead atoms. The SMILES string of the molecule is COc1nc(C2(N)C=CC=C(c3ccccc3Cl)C2Cl)ccc1CN1CC(F)C1. The standard InChI is InChI=1S/C22H22Cl2FN3O/c1-29-21-14(11-28-12-15(25)13-28)8-9-19(27-21)22(26)10-4-6-17(20(22)24)16-5-2-3-7-18(16)23/h2-10,15,20H,11-13,26H2,1H3. The Bertz CT molecular complexity index is 974. The van der Waals surface area contributed by atoms with Crippen LogP contribution in [0, 0.1) is 0 Å². The van der Waals surface area contributed by atoms with Gasteiger partial charge in [0.25, 0.3) is 0 Å². The van der Waals surface area contributed by atoms with E-state index in [1.807, 2.05) is 59.5 Å². The van der Waals surface area contributed by atoms with Crippen LogP contribution in [0.15, 0.2) is 54.6 Å². The third-order valence-corrected chi connectivity index (χ3v) is 6.33. The second-order valence-electron chi connectivity index (χ2n) is 7.41. The number of halogens is 3. The van der Waals surface area contributed by atoms with Gasteiger partial charge in [-0.25, -0.2) is 9.37 Å². The molecule has 2 heterocycles. The highest BCUT2D eigenvalue weighted by atomic mass is 35.5. The van der Waals surface area contributed by atoms with Crippen molar-refractivity contribution in [2.45, 2.75) is 23.6 Å². The number of ether oxygens (including phenoxy) is 1. The van der Waals surface area contributed by atoms with Crippen LogP contribution in [0.2, 0.25) is 5.02 Å². The molecule has 2 aromatic rings. The molecule has 0 amide bonds. The Balaban J connectivity index is 1.64. The lowest BCUT2D eigenvalue weighted by atomic mass is 9.81. The number of aromatic nitrogens is 1. The van der Waals surface area contributed by atoms with Crippen LogP contribution in [-0.2, 0) is 12.1 Å². The van der Waals surface area contributed by atoms with Crippen LogP contribution in [0.4, 0.5) is 4.39 Å². The highest BCUT2D eigenvalue weighted by Gasteiger charge is 2.40. The monoisotopic (exact) mass is 433 g/mol. The van der Waals surface area contributed by atoms with Crippen molar-refractivity contribution >= 4 is 28.8 Å². The van der Waals surface area contributed by atoms with E-state index in [1.54, 1.807) is 7.11 Å². The summed E-state index contributed by atoms with van der Waals surface area (Å²) in [6, 6.07) is 11.3. The Morgan fingerprint density at radius 1 is 1.28 bits per heavy atom. The van der Waals surface area contributed by atoms with Gasteiger partial charge in [0.05, 0.1) is 23.7 Å². The molecule has 1 fully saturated rings. The molecule has 1 aliphatic heterocycles. The Morgan fingerprint density at radius 2 is 2.03 bits per heavy atom. The highest BCUT2D eigenvalue weighted by Crippen LogP contribution is 2.41. The molecule has 4 nitrogen and oxygen atoms in total. The number of likely N-dealkylation sites (tertiary alicyclic amines) is 1. The lowest BCUT2D eigenvalue weighted by Gasteiger charge is -2.36. The molecule has 0 radical (unpaired) electrons. The van der Waals surface area contributed by atoms with Crippen molar-refractivity contribution in [2.75, 3.05) is 20.2 Å². The maximum absolute atomic E-state index is 13.1. The van der Waals surface area contributed by atoms with Gasteiger partial charge in [-0.1, -0.05) is 54.1 Å². The fraction of sp³-hybridized carbons (Fsp3) is 0.318. The zero-order valence-electron chi connectivity index (χ0n) is 16.0. The molecular weight excluding hydrogens is 412 g/mol. The fourth-order valence-corrected chi connectivity index (χ4v) is 4.38. The summed E-state index contributed by atoms with van der Waals surface area (Å²) in [6.45, 7) is 1.45. The second-order valence-corrected chi connectivity index (χ2v) is 8.26. The first-order valence-electron chi connectivity index (χ1n) is 9.40. The molecule has 1 aliphatic carbocycles. The number of pyridine rings is 1. The number of methoxy groups -OCH3 is 1. The molecule has 2 atom stereocenters. The van der Waals surface area contributed by atoms with E-state index >= 15 is 0 Å². The molecule has 7 heteroatoms. The first kappa shape index (κ1) is 20.4. The van der Waals surface area contributed by atoms with Crippen molar-refractivity contribution in [2.24, 2.45) is 5.73 Å². The van der Waals surface area contributed by atoms with Crippen molar-refractivity contribution in [1.82, 2.24) is 9.88 Å². The minimum atomic E-state index is -1.03. The summed E-state index contributed by atoms with van der Waals surface area (Å²) in [5.74, 6) is 0.473. The Morgan fingerprint density at radius 3 is 2.72 bits per heavy atom. The number of allylic oxidation sites excluding steroid dienone is 2. The smallest absolute Gasteiger partial charge is 0.217 e. The zero-order valence-corrected chi connectivity index (χ0v) is 17.5. The van der Waals surface area contributed by atoms with E-state index in [0.717, 1.165) is 16.7 Å². The fourth-order valence-electron chi connectivity index (χ4n) is 3.76. The van der Waals surface area contributed by atoms with Crippen molar-refractivity contribution in [1.29, 1.82) is 0 Å². The Hall–Kier alpha value is -1.92. The highest BCUT2D eigenvalue weighted by molar-refractivity contribution is 6.34. The van der Waals surface area contributed by atoms with Crippen LogP contribution in [0.25, 0.3) is 5.57 Å². The van der Waals surface area contributed by atoms with E-state index < -0.39 is 17.1 Å². The number of nitrogens with two attached hydrogens (primary N) is 1. The van der Waals surface area contributed by atoms with Crippen LogP contribution >= 0.6 is 23.2 Å². The van der Waals surface area contributed by atoms with Gasteiger partial charge >= 0.3 is 0 Å². The molecule has 2 aliphatic rings. The van der Waals surface area contributed by atoms with Crippen molar-refractivity contribution in [3.05, 3.63) is 76.5 Å². The minimum absolute atomic E-state index is 0.435. The number of rotatable bonds is 5. The number of benzene rings is 1. The third kappa shape index (κ3) is 3.80. The van der Waals surface area contributed by atoms with Crippen molar-refractivity contribution in [3.63, 3.8) is 0 Å². The van der Waals surface area contributed by atoms with Crippen LogP contribution in [-0.4, -0.2) is 41.6 Å². The Labute approximate surface area is 179 Å². The number of hydrogen-bond donors (Lipinski definition) is 1. The van der Waals surface area contributed by atoms with Crippen LogP contribution < -0.4 is 10.5 Å². The van der Waals surface area contributed by atoms with Gasteiger partial charge in [0.2, 0.25) is 5.88 Å². The number of nitrogens with zero attached hydrogens (tertiary/aromatic N) is 2. The average molecular weight is 434 g/mol. The summed E-state index contributed by atoms with van der Waals surface area (Å²) < 4.78 is 18.6. The molecule has 0 spiro atoms. The molecule has 0 saturated carbocycles. The normalized spacial score (nSPS) is 24.9. The van der Waals surface area contributed by atoms with Gasteiger partial charge in [-0.2, -0.15) is 0 Å². The van der Waals surface area contributed by atoms with Gasteiger partial charge in [-0.15, -0.1) is 11.6 Å². The van der Waals surface area contributed by atoms with E-state index in [0.29, 0.717) is 36.2 Å². The first-order chi connectivity index (χ1) is 13.9. The summed E-state index contributed by atoms with van der Waals surface area (Å²) in [5.41, 5.74) is 8.88. The van der Waals surface area contributed by atoms with E-state index in [2.05, 4.69) is 4.98 Å². The van der Waals surface area contributed by atoms with Crippen molar-refractivity contribution in [3.8, 4) is 5.88 Å². The van der Waals surface area contributed by atoms with E-state index in [-0.39, 0.29) is 0 Å². The lowest BCUT2D eigenvalue weighted by molar-refractivity contribution is 0.0582. The minimum Gasteiger partial charge on any atom is -0.481 e. The maximum atomic E-state index is 13.1. The second kappa shape index (κ2) is 8.07. The molecular formula is C22H22Cl2FN3O. The van der Waals surface area contributed by atoms with E-state index in [1.165, 1.54) is 0 Å². The van der Waals surface area contributed by atoms with Gasteiger partial charge in [0.1, 0.15) is 6.17 Å². The number of alkyl halides is 2. The maximum Gasteiger partial charge on any atom is 0.217 e. The van der Waals surface area contributed by atoms with Crippen LogP contribution in [0.3, 0.4) is 0 Å². The van der Waals surface area contributed by atoms with Gasteiger partial charge in [0, 0.05) is 30.2 Å². The zero-order chi connectivity index (χ0) is 20.6. The van der Waals surface area contributed by atoms with E-state index in [9.17, 15) is 4.39 Å². The van der Waals surface area contributed by atoms with Crippen molar-refractivity contribution < 1.29 is 9.13 Å². The molecule has 1 saturated heterocycles. The van der Waals surface area contributed by atoms with Crippen LogP contribution in [0.1, 0.15) is 16.8 Å². The predicted octanol–water partition coefficient (Wildman–Crippen LogP) is 4.31. The number of hydrogen-bond acceptors (Lipinski definition) is 4. The quantitative estimate of drug-likeness (QED) is 0.713. The van der Waals surface area contributed by atoms with Gasteiger partial charge in [0.15, 0.2) is 0 Å². The molecule has 1 aromatic carbocycles.